The maximum Gasteiger partial charge on any atom is 0.123 e. The van der Waals surface area contributed by atoms with E-state index in [4.69, 9.17) is 0 Å². The van der Waals surface area contributed by atoms with E-state index in [-0.39, 0.29) is 5.41 Å². The molecule has 0 spiro atoms. The first kappa shape index (κ1) is 15.2. The van der Waals surface area contributed by atoms with Crippen molar-refractivity contribution in [1.82, 2.24) is 10.3 Å². The summed E-state index contributed by atoms with van der Waals surface area (Å²) in [5.41, 5.74) is 2.77. The van der Waals surface area contributed by atoms with E-state index in [2.05, 4.69) is 69.2 Å². The van der Waals surface area contributed by atoms with E-state index in [1.54, 1.807) is 11.3 Å². The Morgan fingerprint density at radius 1 is 1.15 bits per heavy atom. The minimum Gasteiger partial charge on any atom is -0.310 e. The second-order valence-corrected chi connectivity index (χ2v) is 7.61. The van der Waals surface area contributed by atoms with Crippen LogP contribution < -0.4 is 5.32 Å². The molecule has 0 aliphatic rings. The molecule has 3 heteroatoms. The van der Waals surface area contributed by atoms with Crippen molar-refractivity contribution in [2.45, 2.75) is 52.6 Å². The van der Waals surface area contributed by atoms with Crippen molar-refractivity contribution in [1.29, 1.82) is 0 Å². The van der Waals surface area contributed by atoms with Gasteiger partial charge in [0, 0.05) is 29.2 Å². The van der Waals surface area contributed by atoms with Crippen molar-refractivity contribution >= 4 is 11.3 Å². The van der Waals surface area contributed by atoms with E-state index >= 15 is 0 Å². The molecular formula is C17H24N2S. The second kappa shape index (κ2) is 6.06. The summed E-state index contributed by atoms with van der Waals surface area (Å²) >= 11 is 1.77. The van der Waals surface area contributed by atoms with Gasteiger partial charge in [0.25, 0.3) is 0 Å². The van der Waals surface area contributed by atoms with E-state index in [0.29, 0.717) is 6.04 Å². The molecule has 1 heterocycles. The lowest BCUT2D eigenvalue weighted by molar-refractivity contribution is 0.590. The Labute approximate surface area is 126 Å². The largest absolute Gasteiger partial charge is 0.310 e. The summed E-state index contributed by atoms with van der Waals surface area (Å²) in [6.07, 6.45) is 1.98. The van der Waals surface area contributed by atoms with Crippen LogP contribution in [0, 0.1) is 0 Å². The maximum absolute atomic E-state index is 4.53. The molecule has 2 rings (SSSR count). The first-order chi connectivity index (χ1) is 9.36. The van der Waals surface area contributed by atoms with Gasteiger partial charge in [0.2, 0.25) is 0 Å². The molecule has 0 radical (unpaired) electrons. The average Bonchev–Trinajstić information content (AvgIpc) is 2.84. The molecular weight excluding hydrogens is 264 g/mol. The molecule has 0 aliphatic carbocycles. The number of aromatic nitrogens is 1. The lowest BCUT2D eigenvalue weighted by Gasteiger charge is -2.18. The Balaban J connectivity index is 2.12. The molecule has 2 nitrogen and oxygen atoms in total. The Morgan fingerprint density at radius 2 is 1.80 bits per heavy atom. The average molecular weight is 288 g/mol. The molecule has 0 atom stereocenters. The second-order valence-electron chi connectivity index (χ2n) is 6.49. The van der Waals surface area contributed by atoms with Crippen molar-refractivity contribution in [3.63, 3.8) is 0 Å². The summed E-state index contributed by atoms with van der Waals surface area (Å²) in [5, 5.41) is 4.53. The lowest BCUT2D eigenvalue weighted by atomic mass is 9.87. The molecule has 1 aromatic carbocycles. The van der Waals surface area contributed by atoms with Crippen molar-refractivity contribution in [2.24, 2.45) is 0 Å². The number of benzene rings is 1. The van der Waals surface area contributed by atoms with Crippen LogP contribution in [0.4, 0.5) is 0 Å². The van der Waals surface area contributed by atoms with Gasteiger partial charge < -0.3 is 5.32 Å². The molecule has 1 N–H and O–H groups in total. The molecule has 108 valence electrons. The van der Waals surface area contributed by atoms with Gasteiger partial charge in [-0.3, -0.25) is 0 Å². The van der Waals surface area contributed by atoms with Crippen molar-refractivity contribution in [2.75, 3.05) is 0 Å². The molecule has 1 aromatic heterocycles. The predicted octanol–water partition coefficient (Wildman–Crippen LogP) is 4.61. The van der Waals surface area contributed by atoms with Crippen LogP contribution in [-0.4, -0.2) is 11.0 Å². The van der Waals surface area contributed by atoms with Crippen LogP contribution in [0.25, 0.3) is 10.6 Å². The number of hydrogen-bond donors (Lipinski definition) is 1. The normalized spacial score (nSPS) is 12.1. The quantitative estimate of drug-likeness (QED) is 0.889. The van der Waals surface area contributed by atoms with Gasteiger partial charge in [-0.25, -0.2) is 4.98 Å². The first-order valence-corrected chi connectivity index (χ1v) is 7.97. The van der Waals surface area contributed by atoms with E-state index in [9.17, 15) is 0 Å². The standard InChI is InChI=1S/C17H24N2S/c1-12(2)18-10-15-11-19-16(20-15)13-6-8-14(9-7-13)17(3,4)5/h6-9,11-12,18H,10H2,1-5H3. The highest BCUT2D eigenvalue weighted by Gasteiger charge is 2.13. The summed E-state index contributed by atoms with van der Waals surface area (Å²) in [6, 6.07) is 9.29. The minimum absolute atomic E-state index is 0.202. The highest BCUT2D eigenvalue weighted by Crippen LogP contribution is 2.28. The summed E-state index contributed by atoms with van der Waals surface area (Å²) in [4.78, 5) is 5.82. The fourth-order valence-corrected chi connectivity index (χ4v) is 2.81. The van der Waals surface area contributed by atoms with Gasteiger partial charge in [0.1, 0.15) is 5.01 Å². The van der Waals surface area contributed by atoms with Crippen LogP contribution in [0.5, 0.6) is 0 Å². The van der Waals surface area contributed by atoms with Gasteiger partial charge in [0.15, 0.2) is 0 Å². The molecule has 0 unspecified atom stereocenters. The highest BCUT2D eigenvalue weighted by atomic mass is 32.1. The van der Waals surface area contributed by atoms with E-state index in [0.717, 1.165) is 11.6 Å². The molecule has 0 amide bonds. The minimum atomic E-state index is 0.202. The van der Waals surface area contributed by atoms with Gasteiger partial charge >= 0.3 is 0 Å². The smallest absolute Gasteiger partial charge is 0.123 e. The van der Waals surface area contributed by atoms with Gasteiger partial charge in [-0.1, -0.05) is 58.9 Å². The molecule has 0 aliphatic heterocycles. The van der Waals surface area contributed by atoms with Crippen LogP contribution in [0.2, 0.25) is 0 Å². The summed E-state index contributed by atoms with van der Waals surface area (Å²) in [5.74, 6) is 0. The van der Waals surface area contributed by atoms with Crippen LogP contribution >= 0.6 is 11.3 Å². The van der Waals surface area contributed by atoms with Crippen LogP contribution in [0.1, 0.15) is 45.1 Å². The Morgan fingerprint density at radius 3 is 2.35 bits per heavy atom. The van der Waals surface area contributed by atoms with E-state index in [1.165, 1.54) is 16.0 Å². The maximum atomic E-state index is 4.53. The summed E-state index contributed by atoms with van der Waals surface area (Å²) in [6.45, 7) is 11.9. The van der Waals surface area contributed by atoms with Gasteiger partial charge in [0.05, 0.1) is 0 Å². The molecule has 0 saturated carbocycles. The van der Waals surface area contributed by atoms with E-state index in [1.807, 2.05) is 6.20 Å². The van der Waals surface area contributed by atoms with Crippen LogP contribution in [0.3, 0.4) is 0 Å². The van der Waals surface area contributed by atoms with Crippen LogP contribution in [-0.2, 0) is 12.0 Å². The van der Waals surface area contributed by atoms with Crippen LogP contribution in [0.15, 0.2) is 30.5 Å². The Hall–Kier alpha value is -1.19. The van der Waals surface area contributed by atoms with E-state index < -0.39 is 0 Å². The third-order valence-corrected chi connectivity index (χ3v) is 4.28. The van der Waals surface area contributed by atoms with Gasteiger partial charge in [-0.05, 0) is 11.0 Å². The number of nitrogens with one attached hydrogen (secondary N) is 1. The fraction of sp³-hybridized carbons (Fsp3) is 0.471. The van der Waals surface area contributed by atoms with Gasteiger partial charge in [-0.15, -0.1) is 11.3 Å². The molecule has 0 fully saturated rings. The molecule has 0 bridgehead atoms. The monoisotopic (exact) mass is 288 g/mol. The van der Waals surface area contributed by atoms with Crippen molar-refractivity contribution < 1.29 is 0 Å². The highest BCUT2D eigenvalue weighted by molar-refractivity contribution is 7.15. The Bertz CT molecular complexity index is 547. The SMILES string of the molecule is CC(C)NCc1cnc(-c2ccc(C(C)(C)C)cc2)s1. The topological polar surface area (TPSA) is 24.9 Å². The fourth-order valence-electron chi connectivity index (χ4n) is 1.94. The number of nitrogens with zero attached hydrogens (tertiary/aromatic N) is 1. The zero-order valence-electron chi connectivity index (χ0n) is 13.0. The number of hydrogen-bond acceptors (Lipinski definition) is 3. The van der Waals surface area contributed by atoms with Crippen molar-refractivity contribution in [3.05, 3.63) is 40.9 Å². The molecule has 20 heavy (non-hydrogen) atoms. The predicted molar refractivity (Wildman–Crippen MR) is 88.2 cm³/mol. The number of thiazole rings is 1. The summed E-state index contributed by atoms with van der Waals surface area (Å²) < 4.78 is 0. The lowest BCUT2D eigenvalue weighted by Crippen LogP contribution is -2.21. The molecule has 0 saturated heterocycles. The third-order valence-electron chi connectivity index (χ3n) is 3.24. The molecule has 2 aromatic rings. The zero-order chi connectivity index (χ0) is 14.8. The van der Waals surface area contributed by atoms with Crippen molar-refractivity contribution in [3.8, 4) is 10.6 Å². The third kappa shape index (κ3) is 3.90. The number of rotatable bonds is 4. The Kier molecular flexibility index (Phi) is 4.61. The zero-order valence-corrected chi connectivity index (χ0v) is 13.8. The first-order valence-electron chi connectivity index (χ1n) is 7.15. The summed E-state index contributed by atoms with van der Waals surface area (Å²) in [7, 11) is 0. The van der Waals surface area contributed by atoms with Gasteiger partial charge in [-0.2, -0.15) is 0 Å².